The first-order chi connectivity index (χ1) is 10.1. The SMILES string of the molecule is Cc1ccc(-c2nc(-c3ccccc3)c(Br)c(=O)[nH]2)cn1. The molecule has 0 radical (unpaired) electrons. The number of pyridine rings is 1. The smallest absolute Gasteiger partial charge is 0.266 e. The number of nitrogens with zero attached hydrogens (tertiary/aromatic N) is 2. The van der Waals surface area contributed by atoms with Gasteiger partial charge in [0.1, 0.15) is 10.3 Å². The molecule has 0 aliphatic carbocycles. The van der Waals surface area contributed by atoms with Crippen molar-refractivity contribution < 1.29 is 0 Å². The van der Waals surface area contributed by atoms with Crippen LogP contribution in [0, 0.1) is 6.92 Å². The summed E-state index contributed by atoms with van der Waals surface area (Å²) in [6.45, 7) is 1.91. The Labute approximate surface area is 130 Å². The molecular formula is C16H12BrN3O. The quantitative estimate of drug-likeness (QED) is 0.775. The van der Waals surface area contributed by atoms with Gasteiger partial charge >= 0.3 is 0 Å². The normalized spacial score (nSPS) is 10.6. The van der Waals surface area contributed by atoms with Gasteiger partial charge in [-0.1, -0.05) is 30.3 Å². The van der Waals surface area contributed by atoms with E-state index in [4.69, 9.17) is 0 Å². The van der Waals surface area contributed by atoms with Gasteiger partial charge in [-0.3, -0.25) is 9.78 Å². The second-order valence-electron chi connectivity index (χ2n) is 4.63. The molecule has 0 aliphatic heterocycles. The molecule has 2 aromatic heterocycles. The molecule has 0 amide bonds. The van der Waals surface area contributed by atoms with Crippen molar-refractivity contribution in [1.82, 2.24) is 15.0 Å². The lowest BCUT2D eigenvalue weighted by atomic mass is 10.1. The largest absolute Gasteiger partial charge is 0.305 e. The number of halogens is 1. The minimum atomic E-state index is -0.209. The van der Waals surface area contributed by atoms with Gasteiger partial charge in [0.05, 0.1) is 5.69 Å². The zero-order chi connectivity index (χ0) is 14.8. The molecule has 3 rings (SSSR count). The van der Waals surface area contributed by atoms with Crippen molar-refractivity contribution >= 4 is 15.9 Å². The van der Waals surface area contributed by atoms with E-state index in [1.807, 2.05) is 49.4 Å². The van der Waals surface area contributed by atoms with E-state index in [-0.39, 0.29) is 5.56 Å². The van der Waals surface area contributed by atoms with E-state index in [1.165, 1.54) is 0 Å². The summed E-state index contributed by atoms with van der Waals surface area (Å²) < 4.78 is 0.428. The number of aryl methyl sites for hydroxylation is 1. The minimum Gasteiger partial charge on any atom is -0.305 e. The highest BCUT2D eigenvalue weighted by atomic mass is 79.9. The van der Waals surface area contributed by atoms with E-state index in [2.05, 4.69) is 30.9 Å². The van der Waals surface area contributed by atoms with E-state index in [0.29, 0.717) is 16.0 Å². The molecule has 0 unspecified atom stereocenters. The fourth-order valence-corrected chi connectivity index (χ4v) is 2.41. The van der Waals surface area contributed by atoms with Crippen molar-refractivity contribution in [3.8, 4) is 22.6 Å². The summed E-state index contributed by atoms with van der Waals surface area (Å²) in [5.74, 6) is 0.509. The standard InChI is InChI=1S/C16H12BrN3O/c1-10-7-8-12(9-18-10)15-19-14(13(17)16(21)20-15)11-5-3-2-4-6-11/h2-9H,1H3,(H,19,20,21). The van der Waals surface area contributed by atoms with Crippen LogP contribution in [-0.4, -0.2) is 15.0 Å². The molecule has 0 atom stereocenters. The second-order valence-corrected chi connectivity index (χ2v) is 5.42. The number of H-pyrrole nitrogens is 1. The monoisotopic (exact) mass is 341 g/mol. The maximum Gasteiger partial charge on any atom is 0.266 e. The van der Waals surface area contributed by atoms with Crippen molar-refractivity contribution in [3.05, 3.63) is 69.2 Å². The van der Waals surface area contributed by atoms with E-state index in [9.17, 15) is 4.79 Å². The predicted octanol–water partition coefficient (Wildman–Crippen LogP) is 3.57. The van der Waals surface area contributed by atoms with Crippen LogP contribution in [0.3, 0.4) is 0 Å². The van der Waals surface area contributed by atoms with Gasteiger partial charge in [-0.05, 0) is 35.0 Å². The van der Waals surface area contributed by atoms with Crippen LogP contribution in [0.2, 0.25) is 0 Å². The Balaban J connectivity index is 2.19. The Hall–Kier alpha value is -2.27. The van der Waals surface area contributed by atoms with Crippen LogP contribution < -0.4 is 5.56 Å². The lowest BCUT2D eigenvalue weighted by Gasteiger charge is -2.07. The van der Waals surface area contributed by atoms with Crippen LogP contribution in [0.15, 0.2) is 57.9 Å². The number of nitrogens with one attached hydrogen (secondary N) is 1. The van der Waals surface area contributed by atoms with Crippen LogP contribution in [0.1, 0.15) is 5.69 Å². The number of aromatic nitrogens is 3. The summed E-state index contributed by atoms with van der Waals surface area (Å²) in [5, 5.41) is 0. The third-order valence-electron chi connectivity index (χ3n) is 3.09. The highest BCUT2D eigenvalue weighted by molar-refractivity contribution is 9.10. The molecule has 3 aromatic rings. The van der Waals surface area contributed by atoms with Crippen LogP contribution in [-0.2, 0) is 0 Å². The molecule has 0 spiro atoms. The maximum absolute atomic E-state index is 12.1. The first-order valence-corrected chi connectivity index (χ1v) is 7.23. The highest BCUT2D eigenvalue weighted by Crippen LogP contribution is 2.25. The molecule has 21 heavy (non-hydrogen) atoms. The number of hydrogen-bond donors (Lipinski definition) is 1. The molecule has 0 fully saturated rings. The average molecular weight is 342 g/mol. The van der Waals surface area contributed by atoms with Gasteiger partial charge in [-0.2, -0.15) is 0 Å². The van der Waals surface area contributed by atoms with Gasteiger partial charge in [-0.25, -0.2) is 4.98 Å². The van der Waals surface area contributed by atoms with Crippen LogP contribution in [0.5, 0.6) is 0 Å². The van der Waals surface area contributed by atoms with Gasteiger partial charge in [0.25, 0.3) is 5.56 Å². The number of aromatic amines is 1. The maximum atomic E-state index is 12.1. The summed E-state index contributed by atoms with van der Waals surface area (Å²) in [6.07, 6.45) is 1.70. The zero-order valence-corrected chi connectivity index (χ0v) is 12.9. The van der Waals surface area contributed by atoms with Crippen molar-refractivity contribution in [2.45, 2.75) is 6.92 Å². The number of benzene rings is 1. The molecule has 1 aromatic carbocycles. The molecule has 0 saturated carbocycles. The minimum absolute atomic E-state index is 0.209. The molecular weight excluding hydrogens is 330 g/mol. The zero-order valence-electron chi connectivity index (χ0n) is 11.3. The lowest BCUT2D eigenvalue weighted by Crippen LogP contribution is -2.11. The number of rotatable bonds is 2. The summed E-state index contributed by atoms with van der Waals surface area (Å²) in [5.41, 5.74) is 3.00. The van der Waals surface area contributed by atoms with Crippen molar-refractivity contribution in [2.75, 3.05) is 0 Å². The van der Waals surface area contributed by atoms with E-state index < -0.39 is 0 Å². The third-order valence-corrected chi connectivity index (χ3v) is 3.83. The Morgan fingerprint density at radius 3 is 2.48 bits per heavy atom. The summed E-state index contributed by atoms with van der Waals surface area (Å²) >= 11 is 3.31. The molecule has 0 saturated heterocycles. The van der Waals surface area contributed by atoms with Gasteiger partial charge < -0.3 is 4.98 Å². The van der Waals surface area contributed by atoms with Crippen LogP contribution >= 0.6 is 15.9 Å². The number of hydrogen-bond acceptors (Lipinski definition) is 3. The summed E-state index contributed by atoms with van der Waals surface area (Å²) in [4.78, 5) is 23.7. The van der Waals surface area contributed by atoms with Gasteiger partial charge in [0, 0.05) is 23.0 Å². The Morgan fingerprint density at radius 2 is 1.81 bits per heavy atom. The Kier molecular flexibility index (Phi) is 3.66. The first-order valence-electron chi connectivity index (χ1n) is 6.43. The molecule has 1 N–H and O–H groups in total. The van der Waals surface area contributed by atoms with Crippen LogP contribution in [0.4, 0.5) is 0 Å². The molecule has 0 aliphatic rings. The van der Waals surface area contributed by atoms with Gasteiger partial charge in [0.15, 0.2) is 0 Å². The average Bonchev–Trinajstić information content (AvgIpc) is 2.51. The van der Waals surface area contributed by atoms with Crippen molar-refractivity contribution in [3.63, 3.8) is 0 Å². The molecule has 0 bridgehead atoms. The highest BCUT2D eigenvalue weighted by Gasteiger charge is 2.12. The van der Waals surface area contributed by atoms with Crippen LogP contribution in [0.25, 0.3) is 22.6 Å². The second kappa shape index (κ2) is 5.61. The fourth-order valence-electron chi connectivity index (χ4n) is 1.99. The molecule has 2 heterocycles. The van der Waals surface area contributed by atoms with E-state index in [1.54, 1.807) is 6.20 Å². The summed E-state index contributed by atoms with van der Waals surface area (Å²) in [7, 11) is 0. The van der Waals surface area contributed by atoms with Gasteiger partial charge in [-0.15, -0.1) is 0 Å². The Bertz CT molecular complexity index is 826. The van der Waals surface area contributed by atoms with Gasteiger partial charge in [0.2, 0.25) is 0 Å². The van der Waals surface area contributed by atoms with E-state index in [0.717, 1.165) is 16.8 Å². The van der Waals surface area contributed by atoms with Crippen molar-refractivity contribution in [1.29, 1.82) is 0 Å². The van der Waals surface area contributed by atoms with E-state index >= 15 is 0 Å². The first kappa shape index (κ1) is 13.7. The predicted molar refractivity (Wildman–Crippen MR) is 86.0 cm³/mol. The summed E-state index contributed by atoms with van der Waals surface area (Å²) in [6, 6.07) is 13.4. The lowest BCUT2D eigenvalue weighted by molar-refractivity contribution is 1.10. The Morgan fingerprint density at radius 1 is 1.05 bits per heavy atom. The van der Waals surface area contributed by atoms with Crippen molar-refractivity contribution in [2.24, 2.45) is 0 Å². The molecule has 4 nitrogen and oxygen atoms in total. The topological polar surface area (TPSA) is 58.6 Å². The third kappa shape index (κ3) is 2.78. The molecule has 5 heteroatoms. The molecule has 104 valence electrons. The fraction of sp³-hybridized carbons (Fsp3) is 0.0625.